The van der Waals surface area contributed by atoms with Gasteiger partial charge in [-0.3, -0.25) is 25.0 Å². The number of rotatable bonds is 6. The molecule has 0 aliphatic heterocycles. The van der Waals surface area contributed by atoms with Crippen LogP contribution >= 0.6 is 11.8 Å². The molecule has 9 heteroatoms. The van der Waals surface area contributed by atoms with E-state index in [-0.39, 0.29) is 11.3 Å². The average Bonchev–Trinajstić information content (AvgIpc) is 2.35. The van der Waals surface area contributed by atoms with Crippen molar-refractivity contribution in [3.63, 3.8) is 0 Å². The Morgan fingerprint density at radius 3 is 2.42 bits per heavy atom. The lowest BCUT2D eigenvalue weighted by Crippen LogP contribution is -2.14. The number of carbonyl (C=O) groups is 1. The summed E-state index contributed by atoms with van der Waals surface area (Å²) in [6.07, 6.45) is 0.286. The number of hydrogen-bond donors (Lipinski definition) is 1. The number of nitro groups is 2. The first-order valence-corrected chi connectivity index (χ1v) is 6.07. The van der Waals surface area contributed by atoms with Gasteiger partial charge in [0, 0.05) is 6.07 Å². The number of non-ortho nitro benzene ring substituents is 1. The lowest BCUT2D eigenvalue weighted by Gasteiger charge is -2.09. The first kappa shape index (κ1) is 14.9. The summed E-state index contributed by atoms with van der Waals surface area (Å²) < 4.78 is 0. The largest absolute Gasteiger partial charge is 0.480 e. The Labute approximate surface area is 111 Å². The second-order valence-electron chi connectivity index (χ2n) is 3.52. The number of nitrogens with zero attached hydrogens (tertiary/aromatic N) is 2. The van der Waals surface area contributed by atoms with Crippen LogP contribution in [0.5, 0.6) is 0 Å². The molecule has 1 unspecified atom stereocenters. The van der Waals surface area contributed by atoms with Crippen LogP contribution in [0.4, 0.5) is 11.4 Å². The molecule has 0 saturated heterocycles. The van der Waals surface area contributed by atoms with Gasteiger partial charge in [0.15, 0.2) is 0 Å². The number of carboxylic acids is 1. The van der Waals surface area contributed by atoms with Crippen molar-refractivity contribution < 1.29 is 19.7 Å². The smallest absolute Gasteiger partial charge is 0.316 e. The first-order chi connectivity index (χ1) is 8.86. The Balaban J connectivity index is 3.16. The van der Waals surface area contributed by atoms with Gasteiger partial charge in [0.1, 0.15) is 5.25 Å². The Bertz CT molecular complexity index is 533. The quantitative estimate of drug-likeness (QED) is 0.483. The highest BCUT2D eigenvalue weighted by atomic mass is 32.2. The van der Waals surface area contributed by atoms with Gasteiger partial charge in [-0.1, -0.05) is 6.92 Å². The number of thioether (sulfide) groups is 1. The predicted molar refractivity (Wildman–Crippen MR) is 67.3 cm³/mol. The zero-order valence-electron chi connectivity index (χ0n) is 9.81. The first-order valence-electron chi connectivity index (χ1n) is 5.19. The minimum Gasteiger partial charge on any atom is -0.480 e. The average molecular weight is 286 g/mol. The molecular weight excluding hydrogens is 276 g/mol. The topological polar surface area (TPSA) is 124 Å². The summed E-state index contributed by atoms with van der Waals surface area (Å²) in [6, 6.07) is 3.15. The molecule has 1 rings (SSSR count). The van der Waals surface area contributed by atoms with Gasteiger partial charge in [-0.15, -0.1) is 11.8 Å². The van der Waals surface area contributed by atoms with Crippen LogP contribution in [0.25, 0.3) is 0 Å². The summed E-state index contributed by atoms with van der Waals surface area (Å²) >= 11 is 0.808. The van der Waals surface area contributed by atoms with Crippen LogP contribution < -0.4 is 0 Å². The second kappa shape index (κ2) is 6.14. The molecule has 0 aliphatic rings. The molecule has 0 amide bonds. The van der Waals surface area contributed by atoms with Crippen LogP contribution in [0.2, 0.25) is 0 Å². The Morgan fingerprint density at radius 1 is 1.37 bits per heavy atom. The number of aliphatic carboxylic acids is 1. The summed E-state index contributed by atoms with van der Waals surface area (Å²) in [4.78, 5) is 30.9. The van der Waals surface area contributed by atoms with Crippen LogP contribution in [-0.2, 0) is 4.79 Å². The lowest BCUT2D eigenvalue weighted by atomic mass is 10.3. The fourth-order valence-electron chi connectivity index (χ4n) is 1.32. The molecule has 1 N–H and O–H groups in total. The Morgan fingerprint density at radius 2 is 2.00 bits per heavy atom. The van der Waals surface area contributed by atoms with Gasteiger partial charge < -0.3 is 5.11 Å². The molecule has 0 aromatic heterocycles. The standard InChI is InChI=1S/C10H10N2O6S/c1-2-8(10(13)14)19-9-4-3-6(11(15)16)5-7(9)12(17)18/h3-5,8H,2H2,1H3,(H,13,14). The molecule has 8 nitrogen and oxygen atoms in total. The molecule has 0 bridgehead atoms. The van der Waals surface area contributed by atoms with E-state index in [0.717, 1.165) is 23.9 Å². The predicted octanol–water partition coefficient (Wildman–Crippen LogP) is 2.46. The SMILES string of the molecule is CCC(Sc1ccc([N+](=O)[O-])cc1[N+](=O)[O-])C(=O)O. The fraction of sp³-hybridized carbons (Fsp3) is 0.300. The maximum absolute atomic E-state index is 10.9. The summed E-state index contributed by atoms with van der Waals surface area (Å²) in [5.74, 6) is -1.08. The number of benzene rings is 1. The third-order valence-electron chi connectivity index (χ3n) is 2.27. The van der Waals surface area contributed by atoms with Gasteiger partial charge in [0.2, 0.25) is 0 Å². The van der Waals surface area contributed by atoms with Crippen molar-refractivity contribution in [3.05, 3.63) is 38.4 Å². The fourth-order valence-corrected chi connectivity index (χ4v) is 2.30. The highest BCUT2D eigenvalue weighted by Crippen LogP contribution is 2.35. The zero-order valence-corrected chi connectivity index (χ0v) is 10.6. The van der Waals surface area contributed by atoms with Crippen molar-refractivity contribution in [1.29, 1.82) is 0 Å². The minimum absolute atomic E-state index is 0.102. The molecule has 19 heavy (non-hydrogen) atoms. The van der Waals surface area contributed by atoms with E-state index in [1.54, 1.807) is 6.92 Å². The van der Waals surface area contributed by atoms with Crippen molar-refractivity contribution in [2.75, 3.05) is 0 Å². The highest BCUT2D eigenvalue weighted by molar-refractivity contribution is 8.00. The van der Waals surface area contributed by atoms with Crippen molar-refractivity contribution in [1.82, 2.24) is 0 Å². The van der Waals surface area contributed by atoms with E-state index in [0.29, 0.717) is 0 Å². The monoisotopic (exact) mass is 286 g/mol. The molecule has 0 aliphatic carbocycles. The number of nitro benzene ring substituents is 2. The molecular formula is C10H10N2O6S. The van der Waals surface area contributed by atoms with Gasteiger partial charge >= 0.3 is 5.97 Å². The third-order valence-corrected chi connectivity index (χ3v) is 3.68. The number of carboxylic acid groups (broad SMARTS) is 1. The molecule has 0 heterocycles. The molecule has 1 atom stereocenters. The molecule has 0 saturated carbocycles. The molecule has 0 spiro atoms. The van der Waals surface area contributed by atoms with E-state index in [4.69, 9.17) is 5.11 Å². The van der Waals surface area contributed by atoms with Gasteiger partial charge in [-0.2, -0.15) is 0 Å². The Hall–Kier alpha value is -2.16. The van der Waals surface area contributed by atoms with Crippen LogP contribution in [0.15, 0.2) is 23.1 Å². The van der Waals surface area contributed by atoms with Gasteiger partial charge in [-0.25, -0.2) is 0 Å². The second-order valence-corrected chi connectivity index (χ2v) is 4.76. The highest BCUT2D eigenvalue weighted by Gasteiger charge is 2.24. The van der Waals surface area contributed by atoms with Crippen LogP contribution in [0.3, 0.4) is 0 Å². The van der Waals surface area contributed by atoms with Crippen LogP contribution in [0.1, 0.15) is 13.3 Å². The summed E-state index contributed by atoms with van der Waals surface area (Å²) in [6.45, 7) is 1.64. The zero-order chi connectivity index (χ0) is 14.6. The minimum atomic E-state index is -1.08. The van der Waals surface area contributed by atoms with E-state index in [1.165, 1.54) is 6.07 Å². The van der Waals surface area contributed by atoms with Crippen molar-refractivity contribution in [2.45, 2.75) is 23.5 Å². The maximum Gasteiger partial charge on any atom is 0.316 e. The molecule has 102 valence electrons. The Kier molecular flexibility index (Phi) is 4.81. The van der Waals surface area contributed by atoms with Crippen molar-refractivity contribution >= 4 is 29.1 Å². The lowest BCUT2D eigenvalue weighted by molar-refractivity contribution is -0.396. The third kappa shape index (κ3) is 3.65. The van der Waals surface area contributed by atoms with Gasteiger partial charge in [0.25, 0.3) is 11.4 Å². The molecule has 1 aromatic carbocycles. The molecule has 1 aromatic rings. The molecule has 0 radical (unpaired) electrons. The normalized spacial score (nSPS) is 11.8. The van der Waals surface area contributed by atoms with E-state index in [9.17, 15) is 25.0 Å². The maximum atomic E-state index is 10.9. The molecule has 0 fully saturated rings. The van der Waals surface area contributed by atoms with Crippen LogP contribution in [-0.4, -0.2) is 26.2 Å². The summed E-state index contributed by atoms with van der Waals surface area (Å²) in [5, 5.41) is 29.5. The van der Waals surface area contributed by atoms with E-state index in [2.05, 4.69) is 0 Å². The summed E-state index contributed by atoms with van der Waals surface area (Å²) in [5.41, 5.74) is -0.863. The van der Waals surface area contributed by atoms with Crippen molar-refractivity contribution in [3.8, 4) is 0 Å². The number of hydrogen-bond acceptors (Lipinski definition) is 6. The van der Waals surface area contributed by atoms with Crippen molar-refractivity contribution in [2.24, 2.45) is 0 Å². The van der Waals surface area contributed by atoms with Crippen LogP contribution in [0, 0.1) is 20.2 Å². The van der Waals surface area contributed by atoms with E-state index >= 15 is 0 Å². The van der Waals surface area contributed by atoms with Gasteiger partial charge in [0.05, 0.1) is 20.8 Å². The van der Waals surface area contributed by atoms with E-state index < -0.39 is 32.4 Å². The summed E-state index contributed by atoms with van der Waals surface area (Å²) in [7, 11) is 0. The van der Waals surface area contributed by atoms with E-state index in [1.807, 2.05) is 0 Å². The van der Waals surface area contributed by atoms with Gasteiger partial charge in [-0.05, 0) is 12.5 Å².